The highest BCUT2D eigenvalue weighted by atomic mass is 16.5. The summed E-state index contributed by atoms with van der Waals surface area (Å²) in [6.45, 7) is 2.06. The second kappa shape index (κ2) is 9.87. The lowest BCUT2D eigenvalue weighted by atomic mass is 9.80. The van der Waals surface area contributed by atoms with Crippen LogP contribution in [0.4, 0.5) is 0 Å². The number of benzene rings is 3. The summed E-state index contributed by atoms with van der Waals surface area (Å²) in [7, 11) is 3.48. The molecule has 4 rings (SSSR count). The van der Waals surface area contributed by atoms with Crippen molar-refractivity contribution < 1.29 is 9.47 Å². The van der Waals surface area contributed by atoms with Crippen molar-refractivity contribution in [3.63, 3.8) is 0 Å². The first-order valence-corrected chi connectivity index (χ1v) is 11.3. The Morgan fingerprint density at radius 1 is 0.774 bits per heavy atom. The van der Waals surface area contributed by atoms with Gasteiger partial charge >= 0.3 is 0 Å². The van der Waals surface area contributed by atoms with Gasteiger partial charge in [0, 0.05) is 5.56 Å². The van der Waals surface area contributed by atoms with Crippen LogP contribution >= 0.6 is 0 Å². The molecule has 0 heterocycles. The Balaban J connectivity index is 1.74. The molecule has 0 N–H and O–H groups in total. The van der Waals surface area contributed by atoms with Crippen LogP contribution in [-0.4, -0.2) is 14.2 Å². The van der Waals surface area contributed by atoms with Crippen LogP contribution in [-0.2, 0) is 0 Å². The fourth-order valence-corrected chi connectivity index (χ4v) is 4.66. The summed E-state index contributed by atoms with van der Waals surface area (Å²) < 4.78 is 11.4. The van der Waals surface area contributed by atoms with Gasteiger partial charge in [-0.05, 0) is 71.7 Å². The molecule has 160 valence electrons. The fourth-order valence-electron chi connectivity index (χ4n) is 4.66. The van der Waals surface area contributed by atoms with Gasteiger partial charge in [0.05, 0.1) is 14.2 Å². The molecule has 1 fully saturated rings. The third kappa shape index (κ3) is 4.85. The van der Waals surface area contributed by atoms with Crippen LogP contribution < -0.4 is 9.47 Å². The minimum Gasteiger partial charge on any atom is -0.496 e. The van der Waals surface area contributed by atoms with Crippen molar-refractivity contribution in [3.05, 3.63) is 83.4 Å². The second-order valence-corrected chi connectivity index (χ2v) is 8.44. The first kappa shape index (κ1) is 21.2. The van der Waals surface area contributed by atoms with Gasteiger partial charge in [0.15, 0.2) is 0 Å². The van der Waals surface area contributed by atoms with Gasteiger partial charge < -0.3 is 9.47 Å². The van der Waals surface area contributed by atoms with Gasteiger partial charge in [0.1, 0.15) is 11.5 Å². The Labute approximate surface area is 186 Å². The maximum Gasteiger partial charge on any atom is 0.126 e. The SMILES string of the molecule is COc1cc(-c2ccc(/C=C(\c3ccccc3)C3CCCCC3)c(OC)c2)ccc1C. The van der Waals surface area contributed by atoms with E-state index in [4.69, 9.17) is 9.47 Å². The maximum absolute atomic E-state index is 5.84. The number of hydrogen-bond donors (Lipinski definition) is 0. The van der Waals surface area contributed by atoms with Crippen molar-refractivity contribution in [3.8, 4) is 22.6 Å². The highest BCUT2D eigenvalue weighted by Gasteiger charge is 2.20. The quantitative estimate of drug-likeness (QED) is 0.385. The van der Waals surface area contributed by atoms with Crippen molar-refractivity contribution in [1.29, 1.82) is 0 Å². The molecule has 3 aromatic carbocycles. The standard InChI is InChI=1S/C29H32O2/c1-21-14-15-24(19-28(21)30-2)25-16-17-26(29(20-25)31-3)18-27(22-10-6-4-7-11-22)23-12-8-5-9-13-23/h4,6-7,10-11,14-20,23H,5,8-9,12-13H2,1-3H3/b27-18+. The molecule has 1 saturated carbocycles. The Hall–Kier alpha value is -3.00. The molecule has 0 saturated heterocycles. The molecule has 1 aliphatic rings. The van der Waals surface area contributed by atoms with Crippen molar-refractivity contribution >= 4 is 11.6 Å². The first-order chi connectivity index (χ1) is 15.2. The number of methoxy groups -OCH3 is 2. The summed E-state index contributed by atoms with van der Waals surface area (Å²) >= 11 is 0. The average Bonchev–Trinajstić information content (AvgIpc) is 2.84. The Morgan fingerprint density at radius 3 is 2.10 bits per heavy atom. The lowest BCUT2D eigenvalue weighted by Gasteiger charge is -2.25. The minimum absolute atomic E-state index is 0.613. The third-order valence-corrected chi connectivity index (χ3v) is 6.44. The lowest BCUT2D eigenvalue weighted by Crippen LogP contribution is -2.08. The van der Waals surface area contributed by atoms with Crippen molar-refractivity contribution in [2.45, 2.75) is 39.0 Å². The Bertz CT molecular complexity index is 1040. The van der Waals surface area contributed by atoms with Crippen molar-refractivity contribution in [2.75, 3.05) is 14.2 Å². The van der Waals surface area contributed by atoms with E-state index in [9.17, 15) is 0 Å². The van der Waals surface area contributed by atoms with E-state index in [1.54, 1.807) is 14.2 Å². The molecule has 3 aromatic rings. The molecule has 0 unspecified atom stereocenters. The molecular weight excluding hydrogens is 380 g/mol. The number of aryl methyl sites for hydroxylation is 1. The number of rotatable bonds is 6. The van der Waals surface area contributed by atoms with Crippen LogP contribution in [0.3, 0.4) is 0 Å². The third-order valence-electron chi connectivity index (χ3n) is 6.44. The number of allylic oxidation sites excluding steroid dienone is 1. The zero-order chi connectivity index (χ0) is 21.6. The molecule has 0 atom stereocenters. The summed E-state index contributed by atoms with van der Waals surface area (Å²) in [4.78, 5) is 0. The molecule has 1 aliphatic carbocycles. The van der Waals surface area contributed by atoms with E-state index in [1.165, 1.54) is 43.2 Å². The van der Waals surface area contributed by atoms with Gasteiger partial charge in [-0.2, -0.15) is 0 Å². The predicted molar refractivity (Wildman–Crippen MR) is 131 cm³/mol. The van der Waals surface area contributed by atoms with Crippen LogP contribution in [0.2, 0.25) is 0 Å². The maximum atomic E-state index is 5.84. The number of hydrogen-bond acceptors (Lipinski definition) is 2. The molecular formula is C29H32O2. The number of ether oxygens (including phenoxy) is 2. The zero-order valence-corrected chi connectivity index (χ0v) is 18.9. The lowest BCUT2D eigenvalue weighted by molar-refractivity contribution is 0.411. The van der Waals surface area contributed by atoms with Crippen LogP contribution in [0, 0.1) is 12.8 Å². The summed E-state index contributed by atoms with van der Waals surface area (Å²) in [6, 6.07) is 23.7. The molecule has 0 radical (unpaired) electrons. The summed E-state index contributed by atoms with van der Waals surface area (Å²) in [5.41, 5.74) is 7.29. The normalized spacial score (nSPS) is 15.0. The van der Waals surface area contributed by atoms with E-state index in [2.05, 4.69) is 79.7 Å². The average molecular weight is 413 g/mol. The second-order valence-electron chi connectivity index (χ2n) is 8.44. The monoisotopic (exact) mass is 412 g/mol. The smallest absolute Gasteiger partial charge is 0.126 e. The van der Waals surface area contributed by atoms with Gasteiger partial charge in [-0.3, -0.25) is 0 Å². The summed E-state index contributed by atoms with van der Waals surface area (Å²) in [6.07, 6.45) is 8.88. The van der Waals surface area contributed by atoms with Gasteiger partial charge in [-0.25, -0.2) is 0 Å². The van der Waals surface area contributed by atoms with Gasteiger partial charge in [-0.1, -0.05) is 73.9 Å². The largest absolute Gasteiger partial charge is 0.496 e. The van der Waals surface area contributed by atoms with E-state index >= 15 is 0 Å². The molecule has 0 bridgehead atoms. The van der Waals surface area contributed by atoms with E-state index in [0.717, 1.165) is 33.8 Å². The highest BCUT2D eigenvalue weighted by molar-refractivity contribution is 5.85. The topological polar surface area (TPSA) is 18.5 Å². The van der Waals surface area contributed by atoms with Crippen molar-refractivity contribution in [1.82, 2.24) is 0 Å². The predicted octanol–water partition coefficient (Wildman–Crippen LogP) is 7.80. The highest BCUT2D eigenvalue weighted by Crippen LogP contribution is 2.39. The summed E-state index contributed by atoms with van der Waals surface area (Å²) in [5.74, 6) is 2.42. The minimum atomic E-state index is 0.613. The first-order valence-electron chi connectivity index (χ1n) is 11.3. The van der Waals surface area contributed by atoms with Gasteiger partial charge in [-0.15, -0.1) is 0 Å². The van der Waals surface area contributed by atoms with E-state index in [0.29, 0.717) is 5.92 Å². The van der Waals surface area contributed by atoms with Crippen LogP contribution in [0.15, 0.2) is 66.7 Å². The zero-order valence-electron chi connectivity index (χ0n) is 18.9. The van der Waals surface area contributed by atoms with E-state index < -0.39 is 0 Å². The fraction of sp³-hybridized carbons (Fsp3) is 0.310. The Kier molecular flexibility index (Phi) is 6.76. The van der Waals surface area contributed by atoms with Gasteiger partial charge in [0.2, 0.25) is 0 Å². The van der Waals surface area contributed by atoms with Crippen LogP contribution in [0.5, 0.6) is 11.5 Å². The van der Waals surface area contributed by atoms with E-state index in [1.807, 2.05) is 0 Å². The summed E-state index contributed by atoms with van der Waals surface area (Å²) in [5, 5.41) is 0. The molecule has 0 amide bonds. The van der Waals surface area contributed by atoms with Crippen molar-refractivity contribution in [2.24, 2.45) is 5.92 Å². The van der Waals surface area contributed by atoms with Crippen LogP contribution in [0.25, 0.3) is 22.8 Å². The molecule has 2 heteroatoms. The molecule has 0 aliphatic heterocycles. The Morgan fingerprint density at radius 2 is 1.42 bits per heavy atom. The molecule has 0 spiro atoms. The van der Waals surface area contributed by atoms with Crippen LogP contribution in [0.1, 0.15) is 48.8 Å². The molecule has 0 aromatic heterocycles. The van der Waals surface area contributed by atoms with Gasteiger partial charge in [0.25, 0.3) is 0 Å². The molecule has 31 heavy (non-hydrogen) atoms. The van der Waals surface area contributed by atoms with E-state index in [-0.39, 0.29) is 0 Å². The molecule has 2 nitrogen and oxygen atoms in total.